The van der Waals surface area contributed by atoms with Crippen LogP contribution >= 0.6 is 0 Å². The third kappa shape index (κ3) is 2.48. The molecule has 1 saturated heterocycles. The number of rotatable bonds is 5. The number of hydrogen-bond donors (Lipinski definition) is 0. The van der Waals surface area contributed by atoms with E-state index in [2.05, 4.69) is 42.2 Å². The average molecular weight is 191 g/mol. The number of ether oxygens (including phenoxy) is 1. The lowest BCUT2D eigenvalue weighted by Crippen LogP contribution is -2.28. The van der Waals surface area contributed by atoms with Crippen molar-refractivity contribution in [3.8, 4) is 0 Å². The quantitative estimate of drug-likeness (QED) is 0.664. The molecule has 1 aliphatic rings. The third-order valence-corrected chi connectivity index (χ3v) is 2.44. The number of nitrogens with zero attached hydrogens (tertiary/aromatic N) is 1. The topological polar surface area (TPSA) is 15.8 Å². The zero-order valence-electron chi connectivity index (χ0n) is 8.65. The summed E-state index contributed by atoms with van der Waals surface area (Å²) in [5.41, 5.74) is 1.31. The maximum atomic E-state index is 5.27. The summed E-state index contributed by atoms with van der Waals surface area (Å²) in [5, 5.41) is 0. The van der Waals surface area contributed by atoms with Gasteiger partial charge in [-0.15, -0.1) is 0 Å². The minimum Gasteiger partial charge on any atom is -0.371 e. The molecular formula is C12H17NO. The van der Waals surface area contributed by atoms with Crippen LogP contribution in [0.25, 0.3) is 0 Å². The van der Waals surface area contributed by atoms with E-state index in [1.807, 2.05) is 0 Å². The van der Waals surface area contributed by atoms with Crippen molar-refractivity contribution >= 4 is 5.69 Å². The summed E-state index contributed by atoms with van der Waals surface area (Å²) in [6, 6.07) is 10.6. The molecule has 1 aromatic carbocycles. The Morgan fingerprint density at radius 3 is 2.64 bits per heavy atom. The van der Waals surface area contributed by atoms with Crippen molar-refractivity contribution in [2.24, 2.45) is 0 Å². The van der Waals surface area contributed by atoms with Gasteiger partial charge in [0.05, 0.1) is 12.7 Å². The fourth-order valence-electron chi connectivity index (χ4n) is 1.65. The van der Waals surface area contributed by atoms with E-state index in [0.29, 0.717) is 6.10 Å². The lowest BCUT2D eigenvalue weighted by molar-refractivity contribution is 0.407. The Hall–Kier alpha value is -1.02. The van der Waals surface area contributed by atoms with E-state index < -0.39 is 0 Å². The van der Waals surface area contributed by atoms with E-state index in [4.69, 9.17) is 4.74 Å². The summed E-state index contributed by atoms with van der Waals surface area (Å²) in [6.07, 6.45) is 1.66. The van der Waals surface area contributed by atoms with Gasteiger partial charge in [-0.2, -0.15) is 0 Å². The van der Waals surface area contributed by atoms with Crippen molar-refractivity contribution in [3.63, 3.8) is 0 Å². The van der Waals surface area contributed by atoms with Crippen molar-refractivity contribution in [1.82, 2.24) is 0 Å². The number of para-hydroxylation sites is 1. The molecule has 1 heterocycles. The van der Waals surface area contributed by atoms with Crippen LogP contribution in [0.4, 0.5) is 5.69 Å². The number of benzene rings is 1. The number of hydrogen-bond acceptors (Lipinski definition) is 2. The lowest BCUT2D eigenvalue weighted by atomic mass is 10.2. The van der Waals surface area contributed by atoms with Gasteiger partial charge in [0, 0.05) is 18.8 Å². The van der Waals surface area contributed by atoms with Crippen LogP contribution in [0.15, 0.2) is 30.3 Å². The fourth-order valence-corrected chi connectivity index (χ4v) is 1.65. The highest BCUT2D eigenvalue weighted by molar-refractivity contribution is 5.46. The van der Waals surface area contributed by atoms with Gasteiger partial charge < -0.3 is 9.64 Å². The first-order chi connectivity index (χ1) is 6.90. The Labute approximate surface area is 85.5 Å². The Morgan fingerprint density at radius 1 is 1.36 bits per heavy atom. The van der Waals surface area contributed by atoms with E-state index >= 15 is 0 Å². The fraction of sp³-hybridized carbons (Fsp3) is 0.500. The third-order valence-electron chi connectivity index (χ3n) is 2.44. The zero-order chi connectivity index (χ0) is 9.80. The normalized spacial score (nSPS) is 19.4. The highest BCUT2D eigenvalue weighted by Crippen LogP contribution is 2.18. The van der Waals surface area contributed by atoms with Crippen LogP contribution in [0.2, 0.25) is 0 Å². The van der Waals surface area contributed by atoms with Crippen molar-refractivity contribution in [2.45, 2.75) is 19.4 Å². The van der Waals surface area contributed by atoms with Crippen molar-refractivity contribution in [3.05, 3.63) is 30.3 Å². The van der Waals surface area contributed by atoms with Gasteiger partial charge in [-0.1, -0.05) is 25.1 Å². The van der Waals surface area contributed by atoms with Gasteiger partial charge in [0.1, 0.15) is 0 Å². The van der Waals surface area contributed by atoms with Gasteiger partial charge in [-0.3, -0.25) is 0 Å². The van der Waals surface area contributed by atoms with Crippen molar-refractivity contribution in [2.75, 3.05) is 24.6 Å². The molecule has 1 unspecified atom stereocenters. The molecule has 0 spiro atoms. The van der Waals surface area contributed by atoms with Crippen LogP contribution in [0.1, 0.15) is 13.3 Å². The van der Waals surface area contributed by atoms with Crippen molar-refractivity contribution < 1.29 is 4.74 Å². The van der Waals surface area contributed by atoms with E-state index in [9.17, 15) is 0 Å². The minimum absolute atomic E-state index is 0.474. The smallest absolute Gasteiger partial charge is 0.0984 e. The Morgan fingerprint density at radius 2 is 2.07 bits per heavy atom. The van der Waals surface area contributed by atoms with Crippen LogP contribution in [-0.4, -0.2) is 25.8 Å². The molecule has 2 nitrogen and oxygen atoms in total. The Bertz CT molecular complexity index is 269. The van der Waals surface area contributed by atoms with E-state index in [1.165, 1.54) is 12.1 Å². The van der Waals surface area contributed by atoms with Gasteiger partial charge in [0.2, 0.25) is 0 Å². The van der Waals surface area contributed by atoms with Crippen LogP contribution in [-0.2, 0) is 4.74 Å². The first kappa shape index (κ1) is 9.53. The number of epoxide rings is 1. The second-order valence-corrected chi connectivity index (χ2v) is 3.74. The molecule has 0 amide bonds. The monoisotopic (exact) mass is 191 g/mol. The predicted octanol–water partition coefficient (Wildman–Crippen LogP) is 2.30. The van der Waals surface area contributed by atoms with Crippen LogP contribution in [0.3, 0.4) is 0 Å². The Kier molecular flexibility index (Phi) is 3.04. The summed E-state index contributed by atoms with van der Waals surface area (Å²) in [5.74, 6) is 0. The molecule has 0 bridgehead atoms. The first-order valence-corrected chi connectivity index (χ1v) is 5.31. The van der Waals surface area contributed by atoms with Gasteiger partial charge in [0.15, 0.2) is 0 Å². The molecule has 1 aromatic rings. The standard InChI is InChI=1S/C12H17NO/c1-2-8-13(9-12-10-14-12)11-6-4-3-5-7-11/h3-7,12H,2,8-10H2,1H3. The second-order valence-electron chi connectivity index (χ2n) is 3.74. The summed E-state index contributed by atoms with van der Waals surface area (Å²) < 4.78 is 5.27. The predicted molar refractivity (Wildman–Crippen MR) is 58.7 cm³/mol. The molecule has 0 saturated carbocycles. The average Bonchev–Trinajstić information content (AvgIpc) is 3.03. The Balaban J connectivity index is 2.01. The SMILES string of the molecule is CCCN(CC1CO1)c1ccccc1. The molecule has 1 fully saturated rings. The molecule has 0 N–H and O–H groups in total. The zero-order valence-corrected chi connectivity index (χ0v) is 8.65. The van der Waals surface area contributed by atoms with Gasteiger partial charge >= 0.3 is 0 Å². The van der Waals surface area contributed by atoms with E-state index in [1.54, 1.807) is 0 Å². The van der Waals surface area contributed by atoms with Crippen molar-refractivity contribution in [1.29, 1.82) is 0 Å². The van der Waals surface area contributed by atoms with Gasteiger partial charge in [-0.25, -0.2) is 0 Å². The second kappa shape index (κ2) is 4.47. The molecule has 1 atom stereocenters. The molecule has 2 heteroatoms. The minimum atomic E-state index is 0.474. The van der Waals surface area contributed by atoms with Gasteiger partial charge in [-0.05, 0) is 18.6 Å². The summed E-state index contributed by atoms with van der Waals surface area (Å²) in [4.78, 5) is 2.40. The van der Waals surface area contributed by atoms with Crippen LogP contribution < -0.4 is 4.90 Å². The maximum absolute atomic E-state index is 5.27. The lowest BCUT2D eigenvalue weighted by Gasteiger charge is -2.23. The molecule has 76 valence electrons. The first-order valence-electron chi connectivity index (χ1n) is 5.31. The molecule has 0 aromatic heterocycles. The van der Waals surface area contributed by atoms with Crippen LogP contribution in [0.5, 0.6) is 0 Å². The molecule has 0 aliphatic carbocycles. The molecule has 0 radical (unpaired) electrons. The summed E-state index contributed by atoms with van der Waals surface area (Å²) >= 11 is 0. The summed E-state index contributed by atoms with van der Waals surface area (Å²) in [6.45, 7) is 5.30. The molecule has 2 rings (SSSR count). The van der Waals surface area contributed by atoms with Gasteiger partial charge in [0.25, 0.3) is 0 Å². The molecular weight excluding hydrogens is 174 g/mol. The maximum Gasteiger partial charge on any atom is 0.0984 e. The highest BCUT2D eigenvalue weighted by atomic mass is 16.6. The largest absolute Gasteiger partial charge is 0.371 e. The summed E-state index contributed by atoms with van der Waals surface area (Å²) in [7, 11) is 0. The number of anilines is 1. The molecule has 1 aliphatic heterocycles. The van der Waals surface area contributed by atoms with E-state index in [-0.39, 0.29) is 0 Å². The van der Waals surface area contributed by atoms with E-state index in [0.717, 1.165) is 19.7 Å². The highest BCUT2D eigenvalue weighted by Gasteiger charge is 2.25. The molecule has 14 heavy (non-hydrogen) atoms. The van der Waals surface area contributed by atoms with Crippen LogP contribution in [0, 0.1) is 0 Å².